The number of aromatic carboxylic acids is 1. The summed E-state index contributed by atoms with van der Waals surface area (Å²) in [7, 11) is 0. The quantitative estimate of drug-likeness (QED) is 0.736. The fourth-order valence-electron chi connectivity index (χ4n) is 1.44. The molecule has 2 aromatic heterocycles. The van der Waals surface area contributed by atoms with E-state index < -0.39 is 5.97 Å². The van der Waals surface area contributed by atoms with Crippen molar-refractivity contribution < 1.29 is 9.90 Å². The topological polar surface area (TPSA) is 92.9 Å². The predicted molar refractivity (Wildman–Crippen MR) is 64.3 cm³/mol. The molecule has 2 aromatic rings. The maximum Gasteiger partial charge on any atom is 0.356 e. The van der Waals surface area contributed by atoms with E-state index >= 15 is 0 Å². The van der Waals surface area contributed by atoms with Gasteiger partial charge in [-0.1, -0.05) is 0 Å². The molecule has 2 N–H and O–H groups in total. The van der Waals surface area contributed by atoms with Gasteiger partial charge in [-0.05, 0) is 18.6 Å². The molecule has 0 amide bonds. The normalized spacial score (nSPS) is 10.2. The van der Waals surface area contributed by atoms with Crippen LogP contribution in [-0.2, 0) is 6.54 Å². The van der Waals surface area contributed by atoms with Crippen molar-refractivity contribution >= 4 is 11.8 Å². The summed E-state index contributed by atoms with van der Waals surface area (Å²) in [5.41, 5.74) is -0.0565. The maximum atomic E-state index is 10.6. The number of carbonyl (C=O) groups is 1. The Morgan fingerprint density at radius 1 is 1.39 bits per heavy atom. The highest BCUT2D eigenvalue weighted by molar-refractivity contribution is 5.85. The van der Waals surface area contributed by atoms with Gasteiger partial charge in [-0.25, -0.2) is 9.78 Å². The molecule has 0 aliphatic heterocycles. The summed E-state index contributed by atoms with van der Waals surface area (Å²) in [6.45, 7) is 1.60. The molecule has 0 spiro atoms. The summed E-state index contributed by atoms with van der Waals surface area (Å²) >= 11 is 0. The molecule has 18 heavy (non-hydrogen) atoms. The van der Waals surface area contributed by atoms with E-state index in [1.165, 1.54) is 6.07 Å². The highest BCUT2D eigenvalue weighted by atomic mass is 16.4. The lowest BCUT2D eigenvalue weighted by molar-refractivity contribution is 0.0689. The lowest BCUT2D eigenvalue weighted by Crippen LogP contribution is -2.09. The number of nitrogens with one attached hydrogen (secondary N) is 1. The Bertz CT molecular complexity index is 495. The van der Waals surface area contributed by atoms with Crippen LogP contribution < -0.4 is 5.32 Å². The highest BCUT2D eigenvalue weighted by Crippen LogP contribution is 2.02. The summed E-state index contributed by atoms with van der Waals surface area (Å²) in [6.07, 6.45) is 6.32. The van der Waals surface area contributed by atoms with Crippen molar-refractivity contribution in [2.75, 3.05) is 11.9 Å². The largest absolute Gasteiger partial charge is 0.476 e. The van der Waals surface area contributed by atoms with Gasteiger partial charge in [0.15, 0.2) is 5.69 Å². The van der Waals surface area contributed by atoms with E-state index in [0.717, 1.165) is 19.5 Å². The molecule has 2 rings (SSSR count). The van der Waals surface area contributed by atoms with Crippen molar-refractivity contribution in [2.45, 2.75) is 13.0 Å². The summed E-state index contributed by atoms with van der Waals surface area (Å²) in [5.74, 6) is -0.500. The highest BCUT2D eigenvalue weighted by Gasteiger charge is 2.04. The molecular weight excluding hydrogens is 234 g/mol. The molecule has 7 heteroatoms. The van der Waals surface area contributed by atoms with E-state index in [-0.39, 0.29) is 5.69 Å². The van der Waals surface area contributed by atoms with Crippen LogP contribution in [0.4, 0.5) is 5.82 Å². The van der Waals surface area contributed by atoms with Crippen LogP contribution in [0.2, 0.25) is 0 Å². The third-order valence-corrected chi connectivity index (χ3v) is 2.34. The van der Waals surface area contributed by atoms with Crippen molar-refractivity contribution in [3.63, 3.8) is 0 Å². The Hall–Kier alpha value is -2.44. The minimum Gasteiger partial charge on any atom is -0.476 e. The van der Waals surface area contributed by atoms with E-state index in [4.69, 9.17) is 5.11 Å². The monoisotopic (exact) mass is 247 g/mol. The zero-order valence-electron chi connectivity index (χ0n) is 9.65. The van der Waals surface area contributed by atoms with E-state index in [0.29, 0.717) is 5.82 Å². The van der Waals surface area contributed by atoms with E-state index in [9.17, 15) is 4.79 Å². The SMILES string of the molecule is O=C(O)c1ccc(NCCCn2ccnc2)nn1. The molecule has 0 atom stereocenters. The van der Waals surface area contributed by atoms with Crippen LogP contribution in [0, 0.1) is 0 Å². The minimum absolute atomic E-state index is 0.0565. The van der Waals surface area contributed by atoms with Crippen LogP contribution in [0.15, 0.2) is 30.9 Å². The van der Waals surface area contributed by atoms with Gasteiger partial charge in [0.1, 0.15) is 5.82 Å². The second-order valence-electron chi connectivity index (χ2n) is 3.69. The fraction of sp³-hybridized carbons (Fsp3) is 0.273. The Labute approximate surface area is 104 Å². The number of imidazole rings is 1. The van der Waals surface area contributed by atoms with Gasteiger partial charge in [0, 0.05) is 25.5 Å². The van der Waals surface area contributed by atoms with Crippen LogP contribution in [0.1, 0.15) is 16.9 Å². The van der Waals surface area contributed by atoms with Crippen LogP contribution in [0.5, 0.6) is 0 Å². The molecular formula is C11H13N5O2. The first-order valence-corrected chi connectivity index (χ1v) is 5.52. The average Bonchev–Trinajstić information content (AvgIpc) is 2.88. The minimum atomic E-state index is -1.07. The van der Waals surface area contributed by atoms with Crippen molar-refractivity contribution in [2.24, 2.45) is 0 Å². The number of rotatable bonds is 6. The van der Waals surface area contributed by atoms with E-state index in [1.807, 2.05) is 10.8 Å². The number of anilines is 1. The molecule has 0 radical (unpaired) electrons. The fourth-order valence-corrected chi connectivity index (χ4v) is 1.44. The van der Waals surface area contributed by atoms with Crippen molar-refractivity contribution in [1.82, 2.24) is 19.7 Å². The molecule has 2 heterocycles. The zero-order valence-corrected chi connectivity index (χ0v) is 9.65. The van der Waals surface area contributed by atoms with Crippen molar-refractivity contribution in [3.8, 4) is 0 Å². The molecule has 0 saturated carbocycles. The van der Waals surface area contributed by atoms with Gasteiger partial charge in [-0.2, -0.15) is 0 Å². The van der Waals surface area contributed by atoms with Crippen LogP contribution in [-0.4, -0.2) is 37.4 Å². The van der Waals surface area contributed by atoms with Gasteiger partial charge >= 0.3 is 5.97 Å². The van der Waals surface area contributed by atoms with Crippen molar-refractivity contribution in [1.29, 1.82) is 0 Å². The van der Waals surface area contributed by atoms with Gasteiger partial charge < -0.3 is 15.0 Å². The van der Waals surface area contributed by atoms with E-state index in [1.54, 1.807) is 18.6 Å². The van der Waals surface area contributed by atoms with E-state index in [2.05, 4.69) is 20.5 Å². The first kappa shape index (κ1) is 12.0. The second-order valence-corrected chi connectivity index (χ2v) is 3.69. The standard InChI is InChI=1S/C11H13N5O2/c17-11(18)9-2-3-10(15-14-9)13-4-1-6-16-7-5-12-8-16/h2-3,5,7-8H,1,4,6H2,(H,13,15)(H,17,18). The third-order valence-electron chi connectivity index (χ3n) is 2.34. The van der Waals surface area contributed by atoms with Gasteiger partial charge in [0.05, 0.1) is 6.33 Å². The Balaban J connectivity index is 1.75. The molecule has 0 saturated heterocycles. The molecule has 0 fully saturated rings. The lowest BCUT2D eigenvalue weighted by Gasteiger charge is -2.05. The number of aromatic nitrogens is 4. The van der Waals surface area contributed by atoms with Crippen molar-refractivity contribution in [3.05, 3.63) is 36.5 Å². The smallest absolute Gasteiger partial charge is 0.356 e. The molecule has 94 valence electrons. The van der Waals surface area contributed by atoms with Crippen LogP contribution >= 0.6 is 0 Å². The van der Waals surface area contributed by atoms with Gasteiger partial charge in [-0.3, -0.25) is 0 Å². The lowest BCUT2D eigenvalue weighted by atomic mass is 10.3. The number of carboxylic acid groups (broad SMARTS) is 1. The molecule has 0 aliphatic rings. The van der Waals surface area contributed by atoms with Gasteiger partial charge in [0.2, 0.25) is 0 Å². The number of hydrogen-bond acceptors (Lipinski definition) is 5. The van der Waals surface area contributed by atoms with Crippen LogP contribution in [0.3, 0.4) is 0 Å². The average molecular weight is 247 g/mol. The Morgan fingerprint density at radius 3 is 2.89 bits per heavy atom. The Morgan fingerprint density at radius 2 is 2.28 bits per heavy atom. The second kappa shape index (κ2) is 5.76. The number of carboxylic acids is 1. The summed E-state index contributed by atoms with van der Waals surface area (Å²) in [5, 5.41) is 19.1. The number of hydrogen-bond donors (Lipinski definition) is 2. The number of aryl methyl sites for hydroxylation is 1. The molecule has 0 bridgehead atoms. The first-order valence-electron chi connectivity index (χ1n) is 5.52. The maximum absolute atomic E-state index is 10.6. The molecule has 7 nitrogen and oxygen atoms in total. The molecule has 0 aromatic carbocycles. The first-order chi connectivity index (χ1) is 8.75. The zero-order chi connectivity index (χ0) is 12.8. The third kappa shape index (κ3) is 3.27. The predicted octanol–water partition coefficient (Wildman–Crippen LogP) is 0.873. The van der Waals surface area contributed by atoms with Gasteiger partial charge in [0.25, 0.3) is 0 Å². The molecule has 0 aliphatic carbocycles. The summed E-state index contributed by atoms with van der Waals surface area (Å²) < 4.78 is 1.99. The summed E-state index contributed by atoms with van der Waals surface area (Å²) in [4.78, 5) is 14.5. The van der Waals surface area contributed by atoms with Crippen LogP contribution in [0.25, 0.3) is 0 Å². The summed E-state index contributed by atoms with van der Waals surface area (Å²) in [6, 6.07) is 3.03. The van der Waals surface area contributed by atoms with Gasteiger partial charge in [-0.15, -0.1) is 10.2 Å². The Kier molecular flexibility index (Phi) is 3.85. The molecule has 0 unspecified atom stereocenters. The number of nitrogens with zero attached hydrogens (tertiary/aromatic N) is 4.